The predicted molar refractivity (Wildman–Crippen MR) is 105 cm³/mol. The number of nitrogens with one attached hydrogen (secondary N) is 1. The van der Waals surface area contributed by atoms with Gasteiger partial charge in [-0.3, -0.25) is 4.40 Å². The average molecular weight is 360 g/mol. The zero-order valence-corrected chi connectivity index (χ0v) is 15.1. The fourth-order valence-corrected chi connectivity index (χ4v) is 2.93. The van der Waals surface area contributed by atoms with E-state index in [0.29, 0.717) is 5.82 Å². The number of anilines is 2. The maximum absolute atomic E-state index is 5.72. The molecule has 4 aromatic rings. The Morgan fingerprint density at radius 1 is 1.15 bits per heavy atom. The third kappa shape index (κ3) is 3.38. The minimum Gasteiger partial charge on any atom is -0.337 e. The van der Waals surface area contributed by atoms with Crippen molar-refractivity contribution in [3.63, 3.8) is 0 Å². The number of hydrogen-bond acceptors (Lipinski definition) is 6. The number of hydrogen-bond donors (Lipinski definition) is 2. The van der Waals surface area contributed by atoms with Gasteiger partial charge in [0, 0.05) is 43.7 Å². The van der Waals surface area contributed by atoms with E-state index in [2.05, 4.69) is 20.4 Å². The number of fused-ring (bicyclic) bond motifs is 1. The summed E-state index contributed by atoms with van der Waals surface area (Å²) >= 11 is 0. The van der Waals surface area contributed by atoms with E-state index in [0.717, 1.165) is 28.3 Å². The van der Waals surface area contributed by atoms with E-state index in [1.807, 2.05) is 71.1 Å². The Morgan fingerprint density at radius 3 is 2.67 bits per heavy atom. The van der Waals surface area contributed by atoms with Gasteiger partial charge in [-0.05, 0) is 42.8 Å². The lowest BCUT2D eigenvalue weighted by molar-refractivity contribution is 0.486. The first-order valence-electron chi connectivity index (χ1n) is 8.47. The number of aromatic nitrogens is 5. The second-order valence-electron chi connectivity index (χ2n) is 6.21. The first kappa shape index (κ1) is 16.8. The number of rotatable bonds is 5. The lowest BCUT2D eigenvalue weighted by atomic mass is 10.2. The highest BCUT2D eigenvalue weighted by molar-refractivity contribution is 5.73. The smallest absolute Gasteiger partial charge is 0.180 e. The van der Waals surface area contributed by atoms with Gasteiger partial charge in [0.05, 0.1) is 17.6 Å². The highest BCUT2D eigenvalue weighted by Gasteiger charge is 2.10. The van der Waals surface area contributed by atoms with Gasteiger partial charge in [-0.2, -0.15) is 5.10 Å². The molecule has 3 N–H and O–H groups in total. The summed E-state index contributed by atoms with van der Waals surface area (Å²) in [6.07, 6.45) is 11.0. The Kier molecular flexibility index (Phi) is 4.31. The van der Waals surface area contributed by atoms with Crippen LogP contribution in [0.25, 0.3) is 16.9 Å². The van der Waals surface area contributed by atoms with E-state index in [1.54, 1.807) is 19.4 Å². The van der Waals surface area contributed by atoms with Gasteiger partial charge in [0.25, 0.3) is 0 Å². The van der Waals surface area contributed by atoms with Crippen molar-refractivity contribution in [2.45, 2.75) is 6.92 Å². The monoisotopic (exact) mass is 360 g/mol. The second-order valence-corrected chi connectivity index (χ2v) is 6.21. The van der Waals surface area contributed by atoms with Crippen LogP contribution in [0.15, 0.2) is 67.5 Å². The van der Waals surface area contributed by atoms with E-state index in [9.17, 15) is 0 Å². The predicted octanol–water partition coefficient (Wildman–Crippen LogP) is 2.82. The van der Waals surface area contributed by atoms with Gasteiger partial charge < -0.3 is 10.3 Å². The lowest BCUT2D eigenvalue weighted by Gasteiger charge is -2.10. The molecule has 1 aromatic carbocycles. The van der Waals surface area contributed by atoms with Crippen molar-refractivity contribution in [1.29, 1.82) is 0 Å². The van der Waals surface area contributed by atoms with Crippen LogP contribution >= 0.6 is 0 Å². The van der Waals surface area contributed by atoms with Crippen LogP contribution < -0.4 is 11.2 Å². The topological polar surface area (TPSA) is 89.3 Å². The number of hydrazine groups is 1. The van der Waals surface area contributed by atoms with E-state index >= 15 is 0 Å². The van der Waals surface area contributed by atoms with E-state index in [4.69, 9.17) is 5.84 Å². The molecule has 27 heavy (non-hydrogen) atoms. The van der Waals surface area contributed by atoms with Crippen LogP contribution in [0.1, 0.15) is 12.6 Å². The molecule has 0 aliphatic heterocycles. The lowest BCUT2D eigenvalue weighted by Crippen LogP contribution is -2.19. The highest BCUT2D eigenvalue weighted by Crippen LogP contribution is 2.23. The molecular weight excluding hydrogens is 340 g/mol. The molecule has 0 amide bonds. The van der Waals surface area contributed by atoms with Crippen LogP contribution in [0.4, 0.5) is 11.5 Å². The standard InChI is InChI=1S/C19H20N8/c1-14(13-25(2)20)17-12-22-19-18(21-9-11-26(17)19)24-15-4-6-16(7-5-15)27-10-3-8-23-27/h3-13H,20H2,1-2H3,(H,21,24)/b14-13+. The fraction of sp³-hybridized carbons (Fsp3) is 0.105. The van der Waals surface area contributed by atoms with Crippen molar-refractivity contribution < 1.29 is 0 Å². The normalized spacial score (nSPS) is 11.7. The molecule has 136 valence electrons. The minimum absolute atomic E-state index is 0.685. The summed E-state index contributed by atoms with van der Waals surface area (Å²) in [6.45, 7) is 1.99. The molecule has 0 spiro atoms. The van der Waals surface area contributed by atoms with Gasteiger partial charge in [0.1, 0.15) is 0 Å². The van der Waals surface area contributed by atoms with Crippen molar-refractivity contribution in [2.75, 3.05) is 12.4 Å². The minimum atomic E-state index is 0.685. The Morgan fingerprint density at radius 2 is 1.96 bits per heavy atom. The van der Waals surface area contributed by atoms with Crippen molar-refractivity contribution in [3.8, 4) is 5.69 Å². The summed E-state index contributed by atoms with van der Waals surface area (Å²) in [4.78, 5) is 8.97. The summed E-state index contributed by atoms with van der Waals surface area (Å²) in [5.41, 5.74) is 4.63. The quantitative estimate of drug-likeness (QED) is 0.420. The molecule has 3 aromatic heterocycles. The Labute approximate surface area is 156 Å². The van der Waals surface area contributed by atoms with Gasteiger partial charge in [0.2, 0.25) is 0 Å². The molecule has 0 unspecified atom stereocenters. The van der Waals surface area contributed by atoms with Gasteiger partial charge in [-0.1, -0.05) is 0 Å². The molecule has 3 heterocycles. The zero-order valence-electron chi connectivity index (χ0n) is 15.1. The SMILES string of the molecule is C/C(=C\N(C)N)c1cnc2c(Nc3ccc(-n4cccn4)cc3)nccn12. The molecule has 0 bridgehead atoms. The first-order chi connectivity index (χ1) is 13.1. The summed E-state index contributed by atoms with van der Waals surface area (Å²) in [7, 11) is 1.79. The molecule has 0 atom stereocenters. The molecule has 0 saturated carbocycles. The second kappa shape index (κ2) is 6.93. The largest absolute Gasteiger partial charge is 0.337 e. The van der Waals surface area contributed by atoms with Crippen LogP contribution in [0.2, 0.25) is 0 Å². The molecule has 0 fully saturated rings. The Hall–Kier alpha value is -3.65. The third-order valence-electron chi connectivity index (χ3n) is 4.13. The maximum atomic E-state index is 5.72. The fourth-order valence-electron chi connectivity index (χ4n) is 2.93. The van der Waals surface area contributed by atoms with Crippen molar-refractivity contribution >= 4 is 22.7 Å². The third-order valence-corrected chi connectivity index (χ3v) is 4.13. The Bertz CT molecular complexity index is 1070. The van der Waals surface area contributed by atoms with Crippen molar-refractivity contribution in [2.24, 2.45) is 5.84 Å². The van der Waals surface area contributed by atoms with Gasteiger partial charge in [0.15, 0.2) is 11.5 Å². The van der Waals surface area contributed by atoms with Gasteiger partial charge >= 0.3 is 0 Å². The zero-order chi connectivity index (χ0) is 18.8. The van der Waals surface area contributed by atoms with Gasteiger partial charge in [-0.25, -0.2) is 20.5 Å². The van der Waals surface area contributed by atoms with Crippen LogP contribution in [-0.4, -0.2) is 36.2 Å². The summed E-state index contributed by atoms with van der Waals surface area (Å²) in [6, 6.07) is 9.86. The number of nitrogens with zero attached hydrogens (tertiary/aromatic N) is 6. The van der Waals surface area contributed by atoms with Crippen molar-refractivity contribution in [3.05, 3.63) is 73.2 Å². The van der Waals surface area contributed by atoms with Gasteiger partial charge in [-0.15, -0.1) is 0 Å². The van der Waals surface area contributed by atoms with Crippen molar-refractivity contribution in [1.82, 2.24) is 29.2 Å². The highest BCUT2D eigenvalue weighted by atomic mass is 15.4. The number of benzene rings is 1. The average Bonchev–Trinajstić information content (AvgIpc) is 3.32. The molecule has 8 heteroatoms. The van der Waals surface area contributed by atoms with Crippen LogP contribution in [-0.2, 0) is 0 Å². The molecule has 0 radical (unpaired) electrons. The molecular formula is C19H20N8. The van der Waals surface area contributed by atoms with Crippen LogP contribution in [0, 0.1) is 0 Å². The molecule has 8 nitrogen and oxygen atoms in total. The summed E-state index contributed by atoms with van der Waals surface area (Å²) in [5, 5.41) is 9.09. The molecule has 4 rings (SSSR count). The van der Waals surface area contributed by atoms with Crippen LogP contribution in [0.5, 0.6) is 0 Å². The Balaban J connectivity index is 1.64. The first-order valence-corrected chi connectivity index (χ1v) is 8.47. The summed E-state index contributed by atoms with van der Waals surface area (Å²) < 4.78 is 3.80. The summed E-state index contributed by atoms with van der Waals surface area (Å²) in [5.74, 6) is 6.40. The van der Waals surface area contributed by atoms with E-state index in [-0.39, 0.29) is 0 Å². The molecule has 0 aliphatic rings. The molecule has 0 saturated heterocycles. The number of nitrogens with two attached hydrogens (primary N) is 1. The number of allylic oxidation sites excluding steroid dienone is 1. The van der Waals surface area contributed by atoms with Crippen LogP contribution in [0.3, 0.4) is 0 Å². The molecule has 0 aliphatic carbocycles. The van der Waals surface area contributed by atoms with E-state index in [1.165, 1.54) is 5.01 Å². The maximum Gasteiger partial charge on any atom is 0.180 e. The van der Waals surface area contributed by atoms with E-state index < -0.39 is 0 Å². The number of imidazole rings is 1.